The van der Waals surface area contributed by atoms with E-state index in [1.165, 1.54) is 5.56 Å². The Labute approximate surface area is 188 Å². The molecule has 0 saturated carbocycles. The van der Waals surface area contributed by atoms with Gasteiger partial charge in [0.15, 0.2) is 0 Å². The van der Waals surface area contributed by atoms with E-state index < -0.39 is 0 Å². The number of likely N-dealkylation sites (N-methyl/N-ethyl adjacent to an activating group) is 1. The van der Waals surface area contributed by atoms with Gasteiger partial charge in [-0.15, -0.1) is 0 Å². The van der Waals surface area contributed by atoms with E-state index in [-0.39, 0.29) is 5.91 Å². The lowest BCUT2D eigenvalue weighted by Crippen LogP contribution is -2.45. The fraction of sp³-hybridized carbons (Fsp3) is 0.280. The molecule has 1 aliphatic heterocycles. The zero-order valence-electron chi connectivity index (χ0n) is 17.7. The number of hydrogen-bond acceptors (Lipinski definition) is 4. The smallest absolute Gasteiger partial charge is 0.255 e. The summed E-state index contributed by atoms with van der Waals surface area (Å²) in [5.74, 6) is -0.141. The molecule has 1 amide bonds. The third-order valence-corrected chi connectivity index (χ3v) is 6.03. The van der Waals surface area contributed by atoms with E-state index in [9.17, 15) is 4.79 Å². The molecule has 0 bridgehead atoms. The van der Waals surface area contributed by atoms with Gasteiger partial charge in [0.25, 0.3) is 5.91 Å². The van der Waals surface area contributed by atoms with E-state index in [0.29, 0.717) is 16.3 Å². The van der Waals surface area contributed by atoms with Crippen LogP contribution in [0.5, 0.6) is 0 Å². The first kappa shape index (κ1) is 21.5. The lowest BCUT2D eigenvalue weighted by molar-refractivity contribution is 0.102. The van der Waals surface area contributed by atoms with Gasteiger partial charge in [-0.3, -0.25) is 14.7 Å². The number of aromatic nitrogens is 1. The average molecular weight is 435 g/mol. The fourth-order valence-electron chi connectivity index (χ4n) is 3.81. The van der Waals surface area contributed by atoms with Crippen molar-refractivity contribution in [2.75, 3.05) is 38.0 Å². The summed E-state index contributed by atoms with van der Waals surface area (Å²) >= 11 is 6.34. The molecule has 1 saturated heterocycles. The van der Waals surface area contributed by atoms with Crippen LogP contribution in [0.2, 0.25) is 5.02 Å². The minimum Gasteiger partial charge on any atom is -0.322 e. The minimum absolute atomic E-state index is 0.141. The molecular weight excluding hydrogens is 408 g/mol. The second-order valence-electron chi connectivity index (χ2n) is 7.77. The SMILES string of the molecule is CCN1CCN(Cc2ccc(C(=O)Nc3ccc(Cl)c(-c4ccccn4)c3)cc2)CC1. The summed E-state index contributed by atoms with van der Waals surface area (Å²) in [7, 11) is 0. The van der Waals surface area contributed by atoms with E-state index in [1.807, 2.05) is 48.5 Å². The van der Waals surface area contributed by atoms with Crippen LogP contribution in [0.3, 0.4) is 0 Å². The quantitative estimate of drug-likeness (QED) is 0.605. The Morgan fingerprint density at radius 1 is 1.00 bits per heavy atom. The molecule has 2 heterocycles. The summed E-state index contributed by atoms with van der Waals surface area (Å²) in [5.41, 5.74) is 4.11. The highest BCUT2D eigenvalue weighted by atomic mass is 35.5. The Bertz CT molecular complexity index is 1020. The Morgan fingerprint density at radius 3 is 2.42 bits per heavy atom. The van der Waals surface area contributed by atoms with Gasteiger partial charge in [0.2, 0.25) is 0 Å². The van der Waals surface area contributed by atoms with E-state index in [4.69, 9.17) is 11.6 Å². The lowest BCUT2D eigenvalue weighted by Gasteiger charge is -2.34. The number of amides is 1. The molecule has 160 valence electrons. The van der Waals surface area contributed by atoms with Crippen molar-refractivity contribution in [1.82, 2.24) is 14.8 Å². The number of nitrogens with zero attached hydrogens (tertiary/aromatic N) is 3. The van der Waals surface area contributed by atoms with Crippen LogP contribution in [0.1, 0.15) is 22.8 Å². The average Bonchev–Trinajstić information content (AvgIpc) is 2.82. The number of piperazine rings is 1. The van der Waals surface area contributed by atoms with Crippen LogP contribution in [-0.4, -0.2) is 53.4 Å². The van der Waals surface area contributed by atoms with Crippen molar-refractivity contribution < 1.29 is 4.79 Å². The lowest BCUT2D eigenvalue weighted by atomic mass is 10.1. The van der Waals surface area contributed by atoms with Crippen molar-refractivity contribution in [3.63, 3.8) is 0 Å². The summed E-state index contributed by atoms with van der Waals surface area (Å²) in [6.45, 7) is 8.68. The molecule has 1 aliphatic rings. The number of halogens is 1. The third-order valence-electron chi connectivity index (χ3n) is 5.70. The summed E-state index contributed by atoms with van der Waals surface area (Å²) in [4.78, 5) is 22.0. The first-order chi connectivity index (χ1) is 15.1. The molecule has 0 unspecified atom stereocenters. The van der Waals surface area contributed by atoms with Crippen LogP contribution in [0.15, 0.2) is 66.9 Å². The van der Waals surface area contributed by atoms with Crippen LogP contribution in [0.25, 0.3) is 11.3 Å². The van der Waals surface area contributed by atoms with Crippen LogP contribution < -0.4 is 5.32 Å². The summed E-state index contributed by atoms with van der Waals surface area (Å²) < 4.78 is 0. The van der Waals surface area contributed by atoms with E-state index in [0.717, 1.165) is 50.5 Å². The summed E-state index contributed by atoms with van der Waals surface area (Å²) in [6, 6.07) is 19.0. The highest BCUT2D eigenvalue weighted by Crippen LogP contribution is 2.29. The van der Waals surface area contributed by atoms with Crippen molar-refractivity contribution in [3.8, 4) is 11.3 Å². The van der Waals surface area contributed by atoms with Gasteiger partial charge >= 0.3 is 0 Å². The standard InChI is InChI=1S/C25H27ClN4O/c1-2-29-13-15-30(16-14-29)18-19-6-8-20(9-7-19)25(31)28-21-10-11-23(26)22(17-21)24-5-3-4-12-27-24/h3-12,17H,2,13-16,18H2,1H3,(H,28,31). The van der Waals surface area contributed by atoms with E-state index in [1.54, 1.807) is 18.3 Å². The van der Waals surface area contributed by atoms with Gasteiger partial charge in [0.1, 0.15) is 0 Å². The Morgan fingerprint density at radius 2 is 1.74 bits per heavy atom. The van der Waals surface area contributed by atoms with E-state index >= 15 is 0 Å². The first-order valence-corrected chi connectivity index (χ1v) is 11.1. The number of pyridine rings is 1. The Kier molecular flexibility index (Phi) is 6.97. The molecule has 4 rings (SSSR count). The highest BCUT2D eigenvalue weighted by Gasteiger charge is 2.16. The summed E-state index contributed by atoms with van der Waals surface area (Å²) in [6.07, 6.45) is 1.72. The molecular formula is C25H27ClN4O. The van der Waals surface area contributed by atoms with Crippen molar-refractivity contribution >= 4 is 23.2 Å². The molecule has 0 radical (unpaired) electrons. The van der Waals surface area contributed by atoms with Gasteiger partial charge in [-0.2, -0.15) is 0 Å². The zero-order chi connectivity index (χ0) is 21.6. The Hall–Kier alpha value is -2.73. The molecule has 1 fully saturated rings. The monoisotopic (exact) mass is 434 g/mol. The largest absolute Gasteiger partial charge is 0.322 e. The van der Waals surface area contributed by atoms with Gasteiger partial charge in [0, 0.05) is 55.7 Å². The molecule has 0 atom stereocenters. The second-order valence-corrected chi connectivity index (χ2v) is 8.18. The van der Waals surface area contributed by atoms with Crippen molar-refractivity contribution in [1.29, 1.82) is 0 Å². The van der Waals surface area contributed by atoms with Crippen molar-refractivity contribution in [2.24, 2.45) is 0 Å². The topological polar surface area (TPSA) is 48.5 Å². The van der Waals surface area contributed by atoms with Crippen LogP contribution in [0, 0.1) is 0 Å². The first-order valence-electron chi connectivity index (χ1n) is 10.7. The van der Waals surface area contributed by atoms with Gasteiger partial charge in [-0.05, 0) is 54.6 Å². The molecule has 3 aromatic rings. The van der Waals surface area contributed by atoms with Crippen LogP contribution in [-0.2, 0) is 6.54 Å². The predicted molar refractivity (Wildman–Crippen MR) is 126 cm³/mol. The molecule has 31 heavy (non-hydrogen) atoms. The molecule has 0 spiro atoms. The van der Waals surface area contributed by atoms with Crippen LogP contribution in [0.4, 0.5) is 5.69 Å². The van der Waals surface area contributed by atoms with Crippen LogP contribution >= 0.6 is 11.6 Å². The van der Waals surface area contributed by atoms with Gasteiger partial charge < -0.3 is 10.2 Å². The van der Waals surface area contributed by atoms with Gasteiger partial charge in [-0.25, -0.2) is 0 Å². The Balaban J connectivity index is 1.39. The minimum atomic E-state index is -0.141. The summed E-state index contributed by atoms with van der Waals surface area (Å²) in [5, 5.41) is 3.56. The number of rotatable bonds is 6. The number of anilines is 1. The molecule has 1 N–H and O–H groups in total. The number of benzene rings is 2. The van der Waals surface area contributed by atoms with Gasteiger partial charge in [-0.1, -0.05) is 36.7 Å². The molecule has 1 aromatic heterocycles. The highest BCUT2D eigenvalue weighted by molar-refractivity contribution is 6.33. The second kappa shape index (κ2) is 10.1. The number of hydrogen-bond donors (Lipinski definition) is 1. The zero-order valence-corrected chi connectivity index (χ0v) is 18.5. The normalized spacial score (nSPS) is 15.0. The fourth-order valence-corrected chi connectivity index (χ4v) is 4.02. The number of nitrogens with one attached hydrogen (secondary N) is 1. The molecule has 0 aliphatic carbocycles. The maximum atomic E-state index is 12.7. The predicted octanol–water partition coefficient (Wildman–Crippen LogP) is 4.79. The molecule has 2 aromatic carbocycles. The maximum Gasteiger partial charge on any atom is 0.255 e. The van der Waals surface area contributed by atoms with Crippen molar-refractivity contribution in [3.05, 3.63) is 83.0 Å². The van der Waals surface area contributed by atoms with Gasteiger partial charge in [0.05, 0.1) is 10.7 Å². The molecule has 6 heteroatoms. The third kappa shape index (κ3) is 5.50. The van der Waals surface area contributed by atoms with E-state index in [2.05, 4.69) is 27.0 Å². The van der Waals surface area contributed by atoms with Crippen molar-refractivity contribution in [2.45, 2.75) is 13.5 Å². The number of carbonyl (C=O) groups excluding carboxylic acids is 1. The maximum absolute atomic E-state index is 12.7. The number of carbonyl (C=O) groups is 1. The molecule has 5 nitrogen and oxygen atoms in total.